The number of hydrogen-bond acceptors (Lipinski definition) is 3. The van der Waals surface area contributed by atoms with Gasteiger partial charge >= 0.3 is 5.97 Å². The lowest BCUT2D eigenvalue weighted by molar-refractivity contribution is -0.143. The number of carbonyl (C=O) groups is 1. The highest BCUT2D eigenvalue weighted by molar-refractivity contribution is 5.85. The number of esters is 1. The first-order valence-electron chi connectivity index (χ1n) is 8.34. The van der Waals surface area contributed by atoms with Crippen LogP contribution in [0.15, 0.2) is 18.2 Å². The minimum atomic E-state index is -1.23. The predicted molar refractivity (Wildman–Crippen MR) is 101 cm³/mol. The van der Waals surface area contributed by atoms with Crippen LogP contribution in [0.4, 0.5) is 13.2 Å². The van der Waals surface area contributed by atoms with Crippen LogP contribution in [0.3, 0.4) is 0 Å². The Morgan fingerprint density at radius 1 is 1.07 bits per heavy atom. The van der Waals surface area contributed by atoms with Gasteiger partial charge in [0.1, 0.15) is 17.5 Å². The Labute approximate surface area is 163 Å². The zero-order valence-corrected chi connectivity index (χ0v) is 16.5. The molecular formula is C20H23ClF3NO2. The van der Waals surface area contributed by atoms with Crippen molar-refractivity contribution in [1.82, 2.24) is 0 Å². The van der Waals surface area contributed by atoms with Gasteiger partial charge in [-0.25, -0.2) is 13.2 Å². The van der Waals surface area contributed by atoms with Crippen LogP contribution in [-0.2, 0) is 9.53 Å². The molecule has 3 nitrogen and oxygen atoms in total. The third kappa shape index (κ3) is 4.82. The molecule has 0 aromatic heterocycles. The van der Waals surface area contributed by atoms with E-state index in [4.69, 9.17) is 10.5 Å². The molecule has 0 unspecified atom stereocenters. The Kier molecular flexibility index (Phi) is 7.87. The van der Waals surface area contributed by atoms with Crippen LogP contribution in [0.25, 0.3) is 11.1 Å². The molecule has 0 saturated heterocycles. The number of rotatable bonds is 5. The van der Waals surface area contributed by atoms with Gasteiger partial charge in [-0.1, -0.05) is 6.07 Å². The van der Waals surface area contributed by atoms with Gasteiger partial charge in [-0.15, -0.1) is 12.4 Å². The molecule has 2 rings (SSSR count). The molecule has 1 atom stereocenters. The molecule has 0 aliphatic heterocycles. The number of benzene rings is 2. The summed E-state index contributed by atoms with van der Waals surface area (Å²) in [7, 11) is 0. The lowest BCUT2D eigenvalue weighted by Gasteiger charge is -2.19. The number of carbonyl (C=O) groups excluding carboxylic acids is 1. The second-order valence-corrected chi connectivity index (χ2v) is 6.34. The number of halogens is 4. The van der Waals surface area contributed by atoms with E-state index in [0.717, 1.165) is 0 Å². The van der Waals surface area contributed by atoms with Gasteiger partial charge in [0.15, 0.2) is 0 Å². The fraction of sp³-hybridized carbons (Fsp3) is 0.350. The molecule has 0 amide bonds. The van der Waals surface area contributed by atoms with Crippen LogP contribution in [0.5, 0.6) is 0 Å². The molecule has 0 radical (unpaired) electrons. The van der Waals surface area contributed by atoms with Crippen molar-refractivity contribution >= 4 is 18.4 Å². The molecule has 2 N–H and O–H groups in total. The Bertz CT molecular complexity index is 833. The molecule has 2 aromatic rings. The summed E-state index contributed by atoms with van der Waals surface area (Å²) in [6.45, 7) is 6.59. The first kappa shape index (κ1) is 23.0. The van der Waals surface area contributed by atoms with Crippen molar-refractivity contribution in [2.24, 2.45) is 5.73 Å². The summed E-state index contributed by atoms with van der Waals surface area (Å²) >= 11 is 0. The first-order chi connectivity index (χ1) is 12.2. The summed E-state index contributed by atoms with van der Waals surface area (Å²) in [5.41, 5.74) is 6.75. The first-order valence-corrected chi connectivity index (χ1v) is 8.34. The van der Waals surface area contributed by atoms with E-state index in [0.29, 0.717) is 11.1 Å². The maximum Gasteiger partial charge on any atom is 0.307 e. The highest BCUT2D eigenvalue weighted by atomic mass is 35.5. The molecule has 0 heterocycles. The van der Waals surface area contributed by atoms with E-state index in [-0.39, 0.29) is 42.1 Å². The average Bonchev–Trinajstić information content (AvgIpc) is 2.51. The Morgan fingerprint density at radius 3 is 2.26 bits per heavy atom. The lowest BCUT2D eigenvalue weighted by Crippen LogP contribution is -2.20. The quantitative estimate of drug-likeness (QED) is 0.711. The van der Waals surface area contributed by atoms with Crippen molar-refractivity contribution in [1.29, 1.82) is 0 Å². The van der Waals surface area contributed by atoms with Crippen molar-refractivity contribution in [3.8, 4) is 11.1 Å². The molecule has 7 heteroatoms. The number of aryl methyl sites for hydroxylation is 3. The zero-order valence-electron chi connectivity index (χ0n) is 15.7. The summed E-state index contributed by atoms with van der Waals surface area (Å²) in [5.74, 6) is -3.05. The summed E-state index contributed by atoms with van der Waals surface area (Å²) < 4.78 is 48.9. The fourth-order valence-corrected chi connectivity index (χ4v) is 3.06. The maximum absolute atomic E-state index is 15.1. The molecule has 0 saturated carbocycles. The van der Waals surface area contributed by atoms with Gasteiger partial charge in [0.2, 0.25) is 0 Å². The molecule has 148 valence electrons. The molecule has 27 heavy (non-hydrogen) atoms. The van der Waals surface area contributed by atoms with Crippen molar-refractivity contribution in [3.63, 3.8) is 0 Å². The minimum absolute atomic E-state index is 0. The zero-order chi connectivity index (χ0) is 19.6. The molecule has 0 spiro atoms. The van der Waals surface area contributed by atoms with Gasteiger partial charge in [-0.05, 0) is 56.5 Å². The van der Waals surface area contributed by atoms with E-state index >= 15 is 4.39 Å². The van der Waals surface area contributed by atoms with E-state index in [1.165, 1.54) is 19.1 Å². The molecule has 0 fully saturated rings. The summed E-state index contributed by atoms with van der Waals surface area (Å²) in [6, 6.07) is 3.03. The van der Waals surface area contributed by atoms with Crippen LogP contribution < -0.4 is 5.73 Å². The standard InChI is InChI=1S/C20H22F3NO2.ClH/c1-5-26-16(25)9-15(24)18-19(22)12(4)8-13(20(18)23)17-11(3)6-10(2)7-14(17)21;/h6-8,15H,5,9,24H2,1-4H3;1H/t15-;/m0./s1. The van der Waals surface area contributed by atoms with Gasteiger partial charge < -0.3 is 10.5 Å². The van der Waals surface area contributed by atoms with Crippen LogP contribution in [0.2, 0.25) is 0 Å². The minimum Gasteiger partial charge on any atom is -0.466 e. The van der Waals surface area contributed by atoms with Gasteiger partial charge in [-0.2, -0.15) is 0 Å². The van der Waals surface area contributed by atoms with E-state index in [1.54, 1.807) is 26.8 Å². The van der Waals surface area contributed by atoms with E-state index < -0.39 is 35.0 Å². The normalized spacial score (nSPS) is 11.7. The van der Waals surface area contributed by atoms with Crippen LogP contribution in [0, 0.1) is 38.2 Å². The lowest BCUT2D eigenvalue weighted by atomic mass is 9.91. The summed E-state index contributed by atoms with van der Waals surface area (Å²) in [4.78, 5) is 11.6. The predicted octanol–water partition coefficient (Wildman–Crippen LogP) is 5.07. The average molecular weight is 402 g/mol. The van der Waals surface area contributed by atoms with Crippen molar-refractivity contribution < 1.29 is 22.7 Å². The largest absolute Gasteiger partial charge is 0.466 e. The third-order valence-corrected chi connectivity index (χ3v) is 4.18. The van der Waals surface area contributed by atoms with Crippen molar-refractivity contribution in [2.75, 3.05) is 6.61 Å². The van der Waals surface area contributed by atoms with Gasteiger partial charge in [0, 0.05) is 22.7 Å². The van der Waals surface area contributed by atoms with Crippen molar-refractivity contribution in [3.05, 3.63) is 57.9 Å². The number of hydrogen-bond donors (Lipinski definition) is 1. The van der Waals surface area contributed by atoms with E-state index in [2.05, 4.69) is 0 Å². The monoisotopic (exact) mass is 401 g/mol. The Hall–Kier alpha value is -2.05. The molecular weight excluding hydrogens is 379 g/mol. The van der Waals surface area contributed by atoms with Crippen molar-refractivity contribution in [2.45, 2.75) is 40.2 Å². The van der Waals surface area contributed by atoms with Crippen LogP contribution in [-0.4, -0.2) is 12.6 Å². The fourth-order valence-electron chi connectivity index (χ4n) is 3.06. The molecule has 0 aliphatic rings. The van der Waals surface area contributed by atoms with Crippen LogP contribution in [0.1, 0.15) is 41.6 Å². The molecule has 0 aliphatic carbocycles. The second-order valence-electron chi connectivity index (χ2n) is 6.34. The second kappa shape index (κ2) is 9.24. The SMILES string of the molecule is CCOC(=O)C[C@H](N)c1c(F)c(C)cc(-c2c(C)cc(C)cc2F)c1F.Cl. The molecule has 0 bridgehead atoms. The van der Waals surface area contributed by atoms with E-state index in [1.807, 2.05) is 0 Å². The molecule has 2 aromatic carbocycles. The number of ether oxygens (including phenoxy) is 1. The van der Waals surface area contributed by atoms with E-state index in [9.17, 15) is 13.6 Å². The Morgan fingerprint density at radius 2 is 1.70 bits per heavy atom. The summed E-state index contributed by atoms with van der Waals surface area (Å²) in [5, 5.41) is 0. The smallest absolute Gasteiger partial charge is 0.307 e. The summed E-state index contributed by atoms with van der Waals surface area (Å²) in [6.07, 6.45) is -0.375. The maximum atomic E-state index is 15.1. The highest BCUT2D eigenvalue weighted by Gasteiger charge is 2.26. The number of nitrogens with two attached hydrogens (primary N) is 1. The third-order valence-electron chi connectivity index (χ3n) is 4.18. The van der Waals surface area contributed by atoms with Gasteiger partial charge in [-0.3, -0.25) is 4.79 Å². The highest BCUT2D eigenvalue weighted by Crippen LogP contribution is 2.36. The van der Waals surface area contributed by atoms with Gasteiger partial charge in [0.25, 0.3) is 0 Å². The van der Waals surface area contributed by atoms with Gasteiger partial charge in [0.05, 0.1) is 13.0 Å². The van der Waals surface area contributed by atoms with Crippen LogP contribution >= 0.6 is 12.4 Å². The Balaban J connectivity index is 0.00000364. The topological polar surface area (TPSA) is 52.3 Å².